The first-order valence-corrected chi connectivity index (χ1v) is 13.9. The Morgan fingerprint density at radius 1 is 0.949 bits per heavy atom. The van der Waals surface area contributed by atoms with E-state index >= 15 is 0 Å². The predicted molar refractivity (Wildman–Crippen MR) is 133 cm³/mol. The van der Waals surface area contributed by atoms with Crippen molar-refractivity contribution >= 4 is 17.5 Å². The molecule has 4 nitrogen and oxygen atoms in total. The van der Waals surface area contributed by atoms with Crippen LogP contribution in [0.1, 0.15) is 83.3 Å². The Morgan fingerprint density at radius 3 is 2.31 bits per heavy atom. The van der Waals surface area contributed by atoms with E-state index in [1.165, 1.54) is 0 Å². The molecule has 1 aromatic rings. The highest BCUT2D eigenvalue weighted by Crippen LogP contribution is 2.65. The highest BCUT2D eigenvalue weighted by atomic mass is 19.4. The summed E-state index contributed by atoms with van der Waals surface area (Å²) >= 11 is 0. The maximum absolute atomic E-state index is 13.6. The monoisotopic (exact) mass is 558 g/mol. The molecule has 2 amide bonds. The lowest BCUT2D eigenvalue weighted by Gasteiger charge is -2.59. The molecule has 1 saturated heterocycles. The Morgan fingerprint density at radius 2 is 1.64 bits per heavy atom. The minimum absolute atomic E-state index is 0.0597. The Hall–Kier alpha value is -2.26. The number of benzene rings is 1. The molecule has 8 unspecified atom stereocenters. The summed E-state index contributed by atoms with van der Waals surface area (Å²) in [4.78, 5) is 25.9. The van der Waals surface area contributed by atoms with E-state index in [0.717, 1.165) is 38.5 Å². The zero-order chi connectivity index (χ0) is 28.5. The zero-order valence-corrected chi connectivity index (χ0v) is 22.4. The lowest BCUT2D eigenvalue weighted by Crippen LogP contribution is -2.58. The fourth-order valence-electron chi connectivity index (χ4n) is 9.10. The van der Waals surface area contributed by atoms with Crippen LogP contribution in [0, 0.1) is 40.4 Å². The van der Waals surface area contributed by atoms with Gasteiger partial charge in [-0.3, -0.25) is 9.59 Å². The van der Waals surface area contributed by atoms with Gasteiger partial charge in [0.1, 0.15) is 0 Å². The molecule has 0 spiro atoms. The number of carbonyl (C=O) groups is 2. The van der Waals surface area contributed by atoms with Crippen molar-refractivity contribution in [1.82, 2.24) is 5.32 Å². The highest BCUT2D eigenvalue weighted by molar-refractivity contribution is 5.94. The molecule has 5 rings (SSSR count). The second kappa shape index (κ2) is 9.40. The molecule has 10 heteroatoms. The number of carbonyl (C=O) groups excluding carboxylic acids is 2. The number of amides is 2. The second-order valence-electron chi connectivity index (χ2n) is 13.0. The van der Waals surface area contributed by atoms with E-state index in [4.69, 9.17) is 0 Å². The van der Waals surface area contributed by atoms with Crippen LogP contribution in [0.15, 0.2) is 18.2 Å². The number of hydrogen-bond acceptors (Lipinski definition) is 2. The maximum atomic E-state index is 13.6. The summed E-state index contributed by atoms with van der Waals surface area (Å²) in [6.07, 6.45) is -3.69. The number of fused-ring (bicyclic) bond motifs is 5. The molecule has 1 heterocycles. The van der Waals surface area contributed by atoms with Crippen LogP contribution in [0.2, 0.25) is 0 Å². The Labute approximate surface area is 224 Å². The Balaban J connectivity index is 1.39. The van der Waals surface area contributed by atoms with Crippen molar-refractivity contribution in [2.24, 2.45) is 40.4 Å². The first-order chi connectivity index (χ1) is 18.0. The number of halogens is 6. The molecule has 216 valence electrons. The van der Waals surface area contributed by atoms with Crippen LogP contribution < -0.4 is 10.6 Å². The van der Waals surface area contributed by atoms with E-state index in [-0.39, 0.29) is 29.2 Å². The smallest absolute Gasteiger partial charge is 0.353 e. The highest BCUT2D eigenvalue weighted by Gasteiger charge is 2.61. The summed E-state index contributed by atoms with van der Waals surface area (Å²) in [7, 11) is 0. The molecule has 4 fully saturated rings. The van der Waals surface area contributed by atoms with Crippen molar-refractivity contribution in [1.29, 1.82) is 0 Å². The number of nitrogens with one attached hydrogen (secondary N) is 2. The topological polar surface area (TPSA) is 58.2 Å². The summed E-state index contributed by atoms with van der Waals surface area (Å²) in [5.74, 6) is 0.0466. The van der Waals surface area contributed by atoms with Gasteiger partial charge in [0.25, 0.3) is 0 Å². The molecule has 2 N–H and O–H groups in total. The third-order valence-electron chi connectivity index (χ3n) is 10.8. The van der Waals surface area contributed by atoms with Gasteiger partial charge in [-0.25, -0.2) is 0 Å². The number of alkyl halides is 6. The van der Waals surface area contributed by atoms with Crippen LogP contribution in [-0.4, -0.2) is 17.9 Å². The van der Waals surface area contributed by atoms with Crippen LogP contribution >= 0.6 is 0 Å². The molecule has 3 saturated carbocycles. The van der Waals surface area contributed by atoms with Crippen LogP contribution in [0.4, 0.5) is 32.0 Å². The third-order valence-corrected chi connectivity index (χ3v) is 10.8. The van der Waals surface area contributed by atoms with Crippen LogP contribution in [0.5, 0.6) is 0 Å². The van der Waals surface area contributed by atoms with Crippen molar-refractivity contribution in [2.75, 3.05) is 5.32 Å². The number of hydrogen-bond donors (Lipinski definition) is 2. The largest absolute Gasteiger partial charge is 0.418 e. The van der Waals surface area contributed by atoms with Crippen molar-refractivity contribution in [3.63, 3.8) is 0 Å². The molecule has 3 aliphatic carbocycles. The molecule has 39 heavy (non-hydrogen) atoms. The molecule has 0 aromatic heterocycles. The Kier molecular flexibility index (Phi) is 6.81. The van der Waals surface area contributed by atoms with Gasteiger partial charge in [-0.2, -0.15) is 26.3 Å². The summed E-state index contributed by atoms with van der Waals surface area (Å²) in [5.41, 5.74) is -3.89. The molecular weight excluding hydrogens is 522 g/mol. The van der Waals surface area contributed by atoms with Gasteiger partial charge in [-0.1, -0.05) is 20.8 Å². The van der Waals surface area contributed by atoms with E-state index in [0.29, 0.717) is 42.9 Å². The van der Waals surface area contributed by atoms with Gasteiger partial charge >= 0.3 is 12.4 Å². The predicted octanol–water partition coefficient (Wildman–Crippen LogP) is 7.44. The van der Waals surface area contributed by atoms with Gasteiger partial charge in [0.05, 0.1) is 16.8 Å². The lowest BCUT2D eigenvalue weighted by atomic mass is 9.47. The number of anilines is 1. The standard InChI is InChI=1S/C29H36F6N2O2/c1-15-12-24(38)37-23-9-5-17-18-7-8-21(26(18,2)11-10-19(17)27(23,3)14-15)25(39)36-22-13-16(28(30,31)32)4-6-20(22)29(33,34)35/h4,6,13,15,17-19,21,23H,5,7-12,14H2,1-3H3,(H,36,39)(H,37,38). The normalized spacial score (nSPS) is 38.6. The molecule has 0 bridgehead atoms. The van der Waals surface area contributed by atoms with Gasteiger partial charge in [0.15, 0.2) is 0 Å². The van der Waals surface area contributed by atoms with E-state index in [9.17, 15) is 35.9 Å². The minimum Gasteiger partial charge on any atom is -0.353 e. The fraction of sp³-hybridized carbons (Fsp3) is 0.724. The zero-order valence-electron chi connectivity index (χ0n) is 22.4. The van der Waals surface area contributed by atoms with E-state index in [1.54, 1.807) is 0 Å². The summed E-state index contributed by atoms with van der Waals surface area (Å²) < 4.78 is 80.7. The molecule has 1 aliphatic heterocycles. The van der Waals surface area contributed by atoms with Gasteiger partial charge < -0.3 is 10.6 Å². The number of rotatable bonds is 2. The summed E-state index contributed by atoms with van der Waals surface area (Å²) in [6, 6.07) is 1.27. The van der Waals surface area contributed by atoms with E-state index in [1.807, 2.05) is 6.92 Å². The Bertz CT molecular complexity index is 1150. The first-order valence-electron chi connectivity index (χ1n) is 13.9. The van der Waals surface area contributed by atoms with Gasteiger partial charge in [-0.05, 0) is 97.6 Å². The molecule has 4 aliphatic rings. The van der Waals surface area contributed by atoms with Gasteiger partial charge in [-0.15, -0.1) is 0 Å². The molecule has 1 aromatic carbocycles. The lowest BCUT2D eigenvalue weighted by molar-refractivity contribution is -0.141. The summed E-state index contributed by atoms with van der Waals surface area (Å²) in [6.45, 7) is 6.43. The van der Waals surface area contributed by atoms with Crippen molar-refractivity contribution in [2.45, 2.75) is 90.5 Å². The van der Waals surface area contributed by atoms with Crippen LogP contribution in [0.25, 0.3) is 0 Å². The summed E-state index contributed by atoms with van der Waals surface area (Å²) in [5, 5.41) is 5.53. The van der Waals surface area contributed by atoms with Gasteiger partial charge in [0, 0.05) is 18.4 Å². The fourth-order valence-corrected chi connectivity index (χ4v) is 9.10. The van der Waals surface area contributed by atoms with Crippen molar-refractivity contribution < 1.29 is 35.9 Å². The van der Waals surface area contributed by atoms with Gasteiger partial charge in [0.2, 0.25) is 11.8 Å². The average molecular weight is 559 g/mol. The van der Waals surface area contributed by atoms with Crippen molar-refractivity contribution in [3.05, 3.63) is 29.3 Å². The van der Waals surface area contributed by atoms with E-state index in [2.05, 4.69) is 24.5 Å². The van der Waals surface area contributed by atoms with Crippen molar-refractivity contribution in [3.8, 4) is 0 Å². The second-order valence-corrected chi connectivity index (χ2v) is 13.0. The SMILES string of the molecule is CC1CC(=O)NC2CCC3C(CCC4(C)C(C(=O)Nc5cc(C(F)(F)F)ccc5C(F)(F)F)CCC34)C2(C)C1. The van der Waals surface area contributed by atoms with Crippen LogP contribution in [0.3, 0.4) is 0 Å². The van der Waals surface area contributed by atoms with E-state index < -0.39 is 46.4 Å². The minimum atomic E-state index is -4.91. The third kappa shape index (κ3) is 4.83. The first kappa shape index (κ1) is 28.3. The molecule has 8 atom stereocenters. The quantitative estimate of drug-likeness (QED) is 0.371. The average Bonchev–Trinajstić information content (AvgIpc) is 3.11. The maximum Gasteiger partial charge on any atom is 0.418 e. The molecule has 0 radical (unpaired) electrons. The van der Waals surface area contributed by atoms with Crippen LogP contribution in [-0.2, 0) is 21.9 Å². The molecular formula is C29H36F6N2O2.